The van der Waals surface area contributed by atoms with Gasteiger partial charge in [0.25, 0.3) is 11.8 Å². The van der Waals surface area contributed by atoms with E-state index in [-0.39, 0.29) is 17.4 Å². The van der Waals surface area contributed by atoms with Gasteiger partial charge < -0.3 is 15.4 Å². The summed E-state index contributed by atoms with van der Waals surface area (Å²) in [5.74, 6) is -1.23. The van der Waals surface area contributed by atoms with Crippen molar-refractivity contribution in [3.8, 4) is 11.3 Å². The molecule has 2 N–H and O–H groups in total. The van der Waals surface area contributed by atoms with Gasteiger partial charge >= 0.3 is 5.97 Å². The number of aromatic nitrogens is 3. The molecule has 190 valence electrons. The average Bonchev–Trinajstić information content (AvgIpc) is 3.33. The van der Waals surface area contributed by atoms with Crippen molar-refractivity contribution in [1.29, 1.82) is 0 Å². The highest BCUT2D eigenvalue weighted by atomic mass is 16.5. The summed E-state index contributed by atoms with van der Waals surface area (Å²) in [5.41, 5.74) is 2.93. The summed E-state index contributed by atoms with van der Waals surface area (Å²) in [7, 11) is 0. The van der Waals surface area contributed by atoms with Crippen molar-refractivity contribution in [3.63, 3.8) is 0 Å². The Morgan fingerprint density at radius 2 is 1.73 bits per heavy atom. The van der Waals surface area contributed by atoms with E-state index < -0.39 is 18.5 Å². The van der Waals surface area contributed by atoms with Gasteiger partial charge in [-0.3, -0.25) is 9.59 Å². The van der Waals surface area contributed by atoms with E-state index in [4.69, 9.17) is 9.72 Å². The molecule has 0 bridgehead atoms. The van der Waals surface area contributed by atoms with Crippen molar-refractivity contribution in [3.05, 3.63) is 78.0 Å². The number of rotatable bonds is 9. The Kier molecular flexibility index (Phi) is 7.92. The third-order valence-electron chi connectivity index (χ3n) is 5.65. The zero-order valence-corrected chi connectivity index (χ0v) is 21.0. The van der Waals surface area contributed by atoms with Crippen molar-refractivity contribution >= 4 is 34.5 Å². The van der Waals surface area contributed by atoms with E-state index in [9.17, 15) is 14.4 Å². The minimum atomic E-state index is -0.668. The van der Waals surface area contributed by atoms with Gasteiger partial charge in [0.2, 0.25) is 0 Å². The van der Waals surface area contributed by atoms with Crippen molar-refractivity contribution in [2.45, 2.75) is 27.3 Å². The molecular weight excluding hydrogens is 470 g/mol. The first-order chi connectivity index (χ1) is 17.9. The van der Waals surface area contributed by atoms with E-state index >= 15 is 0 Å². The third-order valence-corrected chi connectivity index (χ3v) is 5.65. The van der Waals surface area contributed by atoms with Gasteiger partial charge in [0.1, 0.15) is 0 Å². The number of benzene rings is 2. The summed E-state index contributed by atoms with van der Waals surface area (Å²) in [4.78, 5) is 43.0. The molecule has 0 fully saturated rings. The summed E-state index contributed by atoms with van der Waals surface area (Å²) in [6.45, 7) is 6.50. The molecule has 4 rings (SSSR count). The molecule has 2 amide bonds. The maximum atomic E-state index is 13.1. The lowest BCUT2D eigenvalue weighted by atomic mass is 10.1. The van der Waals surface area contributed by atoms with Gasteiger partial charge in [0.15, 0.2) is 12.3 Å². The summed E-state index contributed by atoms with van der Waals surface area (Å²) in [5, 5.41) is 10.4. The van der Waals surface area contributed by atoms with Crippen LogP contribution < -0.4 is 10.6 Å². The number of esters is 1. The fraction of sp³-hybridized carbons (Fsp3) is 0.250. The molecule has 0 spiro atoms. The van der Waals surface area contributed by atoms with Crippen molar-refractivity contribution < 1.29 is 19.1 Å². The highest BCUT2D eigenvalue weighted by Gasteiger charge is 2.20. The first-order valence-electron chi connectivity index (χ1n) is 12.1. The Balaban J connectivity index is 1.51. The van der Waals surface area contributed by atoms with Crippen LogP contribution in [0.2, 0.25) is 0 Å². The Morgan fingerprint density at radius 3 is 2.46 bits per heavy atom. The molecule has 37 heavy (non-hydrogen) atoms. The first-order valence-corrected chi connectivity index (χ1v) is 12.1. The molecule has 2 aromatic heterocycles. The van der Waals surface area contributed by atoms with Gasteiger partial charge in [0.05, 0.1) is 34.1 Å². The molecule has 9 heteroatoms. The number of para-hydroxylation sites is 1. The summed E-state index contributed by atoms with van der Waals surface area (Å²) in [6.07, 6.45) is 1.57. The van der Waals surface area contributed by atoms with Crippen molar-refractivity contribution in [2.24, 2.45) is 5.92 Å². The quantitative estimate of drug-likeness (QED) is 0.332. The van der Waals surface area contributed by atoms with Crippen molar-refractivity contribution in [1.82, 2.24) is 20.1 Å². The van der Waals surface area contributed by atoms with Crippen LogP contribution in [0.1, 0.15) is 41.5 Å². The number of aryl methyl sites for hydroxylation is 1. The van der Waals surface area contributed by atoms with Crippen LogP contribution in [-0.4, -0.2) is 45.7 Å². The lowest BCUT2D eigenvalue weighted by molar-refractivity contribution is -0.119. The molecule has 0 atom stereocenters. The van der Waals surface area contributed by atoms with E-state index in [1.165, 1.54) is 0 Å². The number of nitrogens with one attached hydrogen (secondary N) is 2. The highest BCUT2D eigenvalue weighted by molar-refractivity contribution is 6.06. The van der Waals surface area contributed by atoms with Crippen LogP contribution in [0.15, 0.2) is 66.9 Å². The second-order valence-corrected chi connectivity index (χ2v) is 8.89. The van der Waals surface area contributed by atoms with Gasteiger partial charge in [-0.2, -0.15) is 5.10 Å². The van der Waals surface area contributed by atoms with E-state index in [0.717, 1.165) is 5.56 Å². The maximum absolute atomic E-state index is 13.1. The minimum absolute atomic E-state index is 0.268. The SMILES string of the molecule is CCn1ncc2c(C(=O)OCC(=O)Nc3ccccc3C(=O)NCC(C)C)cc(-c3ccccc3)nc21. The molecule has 0 saturated heterocycles. The van der Waals surface area contributed by atoms with Gasteiger partial charge in [-0.05, 0) is 31.0 Å². The maximum Gasteiger partial charge on any atom is 0.339 e. The van der Waals surface area contributed by atoms with Gasteiger partial charge in [-0.1, -0.05) is 56.3 Å². The van der Waals surface area contributed by atoms with Crippen LogP contribution in [-0.2, 0) is 16.1 Å². The molecule has 4 aromatic rings. The Bertz CT molecular complexity index is 1430. The molecule has 2 heterocycles. The topological polar surface area (TPSA) is 115 Å². The van der Waals surface area contributed by atoms with Gasteiger partial charge in [-0.15, -0.1) is 0 Å². The number of ether oxygens (including phenoxy) is 1. The molecule has 0 radical (unpaired) electrons. The molecule has 2 aromatic carbocycles. The number of amides is 2. The van der Waals surface area contributed by atoms with Crippen LogP contribution in [0.5, 0.6) is 0 Å². The largest absolute Gasteiger partial charge is 0.452 e. The third kappa shape index (κ3) is 6.00. The number of pyridine rings is 1. The average molecular weight is 500 g/mol. The second-order valence-electron chi connectivity index (χ2n) is 8.89. The second kappa shape index (κ2) is 11.5. The number of carbonyl (C=O) groups excluding carboxylic acids is 3. The number of fused-ring (bicyclic) bond motifs is 1. The number of carbonyl (C=O) groups is 3. The molecule has 0 unspecified atom stereocenters. The molecule has 0 aliphatic carbocycles. The Morgan fingerprint density at radius 1 is 1.00 bits per heavy atom. The molecule has 0 aliphatic heterocycles. The zero-order chi connectivity index (χ0) is 26.4. The van der Waals surface area contributed by atoms with E-state index in [0.29, 0.717) is 41.1 Å². The van der Waals surface area contributed by atoms with E-state index in [2.05, 4.69) is 15.7 Å². The number of nitrogens with zero attached hydrogens (tertiary/aromatic N) is 3. The van der Waals surface area contributed by atoms with E-state index in [1.54, 1.807) is 41.2 Å². The standard InChI is InChI=1S/C28H29N5O4/c1-4-33-26-22(16-30-33)21(14-24(32-26)19-10-6-5-7-11-19)28(36)37-17-25(34)31-23-13-9-8-12-20(23)27(35)29-15-18(2)3/h5-14,16,18H,4,15,17H2,1-3H3,(H,29,35)(H,31,34). The Hall–Kier alpha value is -4.53. The molecule has 0 aliphatic rings. The highest BCUT2D eigenvalue weighted by Crippen LogP contribution is 2.25. The zero-order valence-electron chi connectivity index (χ0n) is 21.0. The Labute approximate surface area is 214 Å². The summed E-state index contributed by atoms with van der Waals surface area (Å²) >= 11 is 0. The number of hydrogen-bond acceptors (Lipinski definition) is 6. The van der Waals surface area contributed by atoms with Crippen LogP contribution in [0.3, 0.4) is 0 Å². The normalized spacial score (nSPS) is 10.9. The van der Waals surface area contributed by atoms with Crippen molar-refractivity contribution in [2.75, 3.05) is 18.5 Å². The van der Waals surface area contributed by atoms with Crippen LogP contribution in [0.4, 0.5) is 5.69 Å². The van der Waals surface area contributed by atoms with Crippen LogP contribution in [0.25, 0.3) is 22.3 Å². The monoisotopic (exact) mass is 499 g/mol. The van der Waals surface area contributed by atoms with Crippen LogP contribution in [0, 0.1) is 5.92 Å². The van der Waals surface area contributed by atoms with Gasteiger partial charge in [-0.25, -0.2) is 14.5 Å². The smallest absolute Gasteiger partial charge is 0.339 e. The summed E-state index contributed by atoms with van der Waals surface area (Å²) in [6, 6.07) is 17.8. The lowest BCUT2D eigenvalue weighted by Gasteiger charge is -2.13. The molecule has 9 nitrogen and oxygen atoms in total. The molecular formula is C28H29N5O4. The molecule has 0 saturated carbocycles. The predicted octanol–water partition coefficient (Wildman–Crippen LogP) is 4.30. The summed E-state index contributed by atoms with van der Waals surface area (Å²) < 4.78 is 7.07. The van der Waals surface area contributed by atoms with Gasteiger partial charge in [0, 0.05) is 18.7 Å². The minimum Gasteiger partial charge on any atom is -0.452 e. The lowest BCUT2D eigenvalue weighted by Crippen LogP contribution is -2.29. The first kappa shape index (κ1) is 25.6. The number of hydrogen-bond donors (Lipinski definition) is 2. The van der Waals surface area contributed by atoms with E-state index in [1.807, 2.05) is 51.1 Å². The fourth-order valence-electron chi connectivity index (χ4n) is 3.78. The van der Waals surface area contributed by atoms with Crippen LogP contribution >= 0.6 is 0 Å². The fourth-order valence-corrected chi connectivity index (χ4v) is 3.78. The predicted molar refractivity (Wildman–Crippen MR) is 141 cm³/mol. The number of anilines is 1.